The molecule has 8 aromatic rings. The number of hydrogen-bond acceptors (Lipinski definition) is 3. The zero-order chi connectivity index (χ0) is 31.9. The largest absolute Gasteiger partial charge is 0.435 e. The predicted molar refractivity (Wildman–Crippen MR) is 201 cm³/mol. The number of oxazole rings is 1. The van der Waals surface area contributed by atoms with Crippen LogP contribution in [0.15, 0.2) is 180 Å². The average Bonchev–Trinajstić information content (AvgIpc) is 3.62. The van der Waals surface area contributed by atoms with Gasteiger partial charge < -0.3 is 9.32 Å². The number of fused-ring (bicyclic) bond motifs is 4. The molecule has 1 atom stereocenters. The van der Waals surface area contributed by atoms with Crippen LogP contribution in [0.5, 0.6) is 0 Å². The van der Waals surface area contributed by atoms with Gasteiger partial charge in [-0.3, -0.25) is 0 Å². The molecule has 1 unspecified atom stereocenters. The molecule has 3 heteroatoms. The SMILES string of the molecule is C1=CCC(N(c2ccc(-c3ccc4ccccc4c3)cc2)c2ccc(-c3cc4ccccc4c4nc(-c5ccccc5)oc34)cc2)C=C1. The third-order valence-corrected chi connectivity index (χ3v) is 9.38. The first kappa shape index (κ1) is 28.1. The van der Waals surface area contributed by atoms with Crippen molar-refractivity contribution in [3.63, 3.8) is 0 Å². The number of benzene rings is 7. The van der Waals surface area contributed by atoms with Crippen LogP contribution >= 0.6 is 0 Å². The quantitative estimate of drug-likeness (QED) is 0.186. The van der Waals surface area contributed by atoms with Gasteiger partial charge in [-0.25, -0.2) is 4.98 Å². The van der Waals surface area contributed by atoms with Crippen molar-refractivity contribution in [2.24, 2.45) is 0 Å². The summed E-state index contributed by atoms with van der Waals surface area (Å²) >= 11 is 0. The zero-order valence-electron chi connectivity index (χ0n) is 26.3. The summed E-state index contributed by atoms with van der Waals surface area (Å²) in [6.45, 7) is 0. The fraction of sp³-hybridized carbons (Fsp3) is 0.0444. The second-order valence-electron chi connectivity index (χ2n) is 12.3. The molecule has 1 aromatic heterocycles. The third-order valence-electron chi connectivity index (χ3n) is 9.38. The number of aromatic nitrogens is 1. The van der Waals surface area contributed by atoms with E-state index in [-0.39, 0.29) is 6.04 Å². The molecule has 0 amide bonds. The lowest BCUT2D eigenvalue weighted by molar-refractivity contribution is 0.621. The van der Waals surface area contributed by atoms with Crippen molar-refractivity contribution < 1.29 is 4.42 Å². The summed E-state index contributed by atoms with van der Waals surface area (Å²) in [6.07, 6.45) is 9.76. The van der Waals surface area contributed by atoms with E-state index in [1.54, 1.807) is 0 Å². The molecule has 7 aromatic carbocycles. The van der Waals surface area contributed by atoms with Gasteiger partial charge in [0, 0.05) is 27.9 Å². The standard InChI is InChI=1S/C45H32N2O/c1-3-12-34(13-4-1)45-46-43-41-18-10-9-15-37(41)30-42(44(43)48-45)33-23-27-40(28-24-33)47(38-16-5-2-6-17-38)39-25-21-32(22-26-39)36-20-19-31-11-7-8-14-35(31)29-36/h1-16,18-30,38H,17H2. The van der Waals surface area contributed by atoms with Gasteiger partial charge in [-0.15, -0.1) is 0 Å². The van der Waals surface area contributed by atoms with Crippen molar-refractivity contribution in [2.75, 3.05) is 4.90 Å². The Bertz CT molecular complexity index is 2470. The van der Waals surface area contributed by atoms with Gasteiger partial charge in [0.2, 0.25) is 5.89 Å². The molecule has 1 heterocycles. The summed E-state index contributed by atoms with van der Waals surface area (Å²) < 4.78 is 6.52. The van der Waals surface area contributed by atoms with E-state index in [2.05, 4.69) is 151 Å². The van der Waals surface area contributed by atoms with Crippen LogP contribution in [0.4, 0.5) is 11.4 Å². The van der Waals surface area contributed by atoms with Gasteiger partial charge in [0.25, 0.3) is 0 Å². The highest BCUT2D eigenvalue weighted by Gasteiger charge is 2.21. The molecule has 0 aliphatic heterocycles. The maximum absolute atomic E-state index is 6.52. The van der Waals surface area contributed by atoms with Gasteiger partial charge in [-0.1, -0.05) is 127 Å². The second kappa shape index (κ2) is 11.9. The number of allylic oxidation sites excluding steroid dienone is 2. The zero-order valence-corrected chi connectivity index (χ0v) is 26.3. The summed E-state index contributed by atoms with van der Waals surface area (Å²) in [5, 5.41) is 4.75. The van der Waals surface area contributed by atoms with E-state index in [0.717, 1.165) is 56.4 Å². The van der Waals surface area contributed by atoms with Crippen molar-refractivity contribution in [2.45, 2.75) is 12.5 Å². The lowest BCUT2D eigenvalue weighted by Crippen LogP contribution is -2.29. The molecule has 9 rings (SSSR count). The smallest absolute Gasteiger partial charge is 0.227 e. The Balaban J connectivity index is 1.10. The van der Waals surface area contributed by atoms with Crippen LogP contribution in [0.1, 0.15) is 6.42 Å². The van der Waals surface area contributed by atoms with E-state index in [4.69, 9.17) is 9.40 Å². The minimum Gasteiger partial charge on any atom is -0.435 e. The molecule has 228 valence electrons. The maximum atomic E-state index is 6.52. The first-order chi connectivity index (χ1) is 23.8. The topological polar surface area (TPSA) is 29.3 Å². The van der Waals surface area contributed by atoms with Crippen LogP contribution in [-0.4, -0.2) is 11.0 Å². The molecule has 0 saturated carbocycles. The molecule has 0 spiro atoms. The summed E-state index contributed by atoms with van der Waals surface area (Å²) in [5.41, 5.74) is 9.53. The highest BCUT2D eigenvalue weighted by molar-refractivity contribution is 6.10. The summed E-state index contributed by atoms with van der Waals surface area (Å²) in [4.78, 5) is 7.44. The molecule has 3 nitrogen and oxygen atoms in total. The Hall–Kier alpha value is -6.19. The molecule has 48 heavy (non-hydrogen) atoms. The van der Waals surface area contributed by atoms with E-state index in [0.29, 0.717) is 5.89 Å². The molecule has 0 radical (unpaired) electrons. The van der Waals surface area contributed by atoms with Gasteiger partial charge in [-0.2, -0.15) is 0 Å². The van der Waals surface area contributed by atoms with E-state index < -0.39 is 0 Å². The number of hydrogen-bond donors (Lipinski definition) is 0. The van der Waals surface area contributed by atoms with Crippen LogP contribution < -0.4 is 4.90 Å². The van der Waals surface area contributed by atoms with Gasteiger partial charge in [0.1, 0.15) is 5.52 Å². The normalized spacial score (nSPS) is 14.2. The van der Waals surface area contributed by atoms with Gasteiger partial charge in [0.15, 0.2) is 5.58 Å². The predicted octanol–water partition coefficient (Wildman–Crippen LogP) is 12.2. The molecule has 0 fully saturated rings. The van der Waals surface area contributed by atoms with Crippen molar-refractivity contribution >= 4 is 44.0 Å². The highest BCUT2D eigenvalue weighted by atomic mass is 16.3. The van der Waals surface area contributed by atoms with Crippen molar-refractivity contribution in [1.82, 2.24) is 4.98 Å². The molecule has 1 aliphatic carbocycles. The molecule has 0 bridgehead atoms. The first-order valence-electron chi connectivity index (χ1n) is 16.5. The Morgan fingerprint density at radius 1 is 0.542 bits per heavy atom. The summed E-state index contributed by atoms with van der Waals surface area (Å²) in [6, 6.07) is 54.0. The number of anilines is 2. The van der Waals surface area contributed by atoms with Crippen molar-refractivity contribution in [1.29, 1.82) is 0 Å². The molecular formula is C45H32N2O. The second-order valence-corrected chi connectivity index (χ2v) is 12.3. The van der Waals surface area contributed by atoms with Crippen LogP contribution in [0.2, 0.25) is 0 Å². The summed E-state index contributed by atoms with van der Waals surface area (Å²) in [5.74, 6) is 0.635. The van der Waals surface area contributed by atoms with Gasteiger partial charge in [0.05, 0.1) is 6.04 Å². The summed E-state index contributed by atoms with van der Waals surface area (Å²) in [7, 11) is 0. The average molecular weight is 617 g/mol. The Morgan fingerprint density at radius 3 is 1.96 bits per heavy atom. The van der Waals surface area contributed by atoms with Crippen LogP contribution in [0.25, 0.3) is 66.4 Å². The number of nitrogens with zero attached hydrogens (tertiary/aromatic N) is 2. The van der Waals surface area contributed by atoms with E-state index in [1.165, 1.54) is 21.9 Å². The fourth-order valence-electron chi connectivity index (χ4n) is 6.94. The lowest BCUT2D eigenvalue weighted by atomic mass is 9.98. The maximum Gasteiger partial charge on any atom is 0.227 e. The highest BCUT2D eigenvalue weighted by Crippen LogP contribution is 2.39. The first-order valence-corrected chi connectivity index (χ1v) is 16.5. The Kier molecular flexibility index (Phi) is 6.94. The Morgan fingerprint density at radius 2 is 1.21 bits per heavy atom. The lowest BCUT2D eigenvalue weighted by Gasteiger charge is -2.33. The van der Waals surface area contributed by atoms with Crippen LogP contribution in [0, 0.1) is 0 Å². The number of rotatable bonds is 6. The molecular weight excluding hydrogens is 585 g/mol. The monoisotopic (exact) mass is 616 g/mol. The van der Waals surface area contributed by atoms with Gasteiger partial charge in [-0.05, 0) is 87.8 Å². The van der Waals surface area contributed by atoms with Crippen molar-refractivity contribution in [3.05, 3.63) is 176 Å². The van der Waals surface area contributed by atoms with E-state index >= 15 is 0 Å². The Labute approximate surface area is 279 Å². The van der Waals surface area contributed by atoms with Gasteiger partial charge >= 0.3 is 0 Å². The fourth-order valence-corrected chi connectivity index (χ4v) is 6.94. The van der Waals surface area contributed by atoms with Crippen LogP contribution in [-0.2, 0) is 0 Å². The third kappa shape index (κ3) is 5.06. The van der Waals surface area contributed by atoms with E-state index in [9.17, 15) is 0 Å². The van der Waals surface area contributed by atoms with E-state index in [1.807, 2.05) is 30.3 Å². The minimum absolute atomic E-state index is 0.211. The van der Waals surface area contributed by atoms with Crippen molar-refractivity contribution in [3.8, 4) is 33.7 Å². The minimum atomic E-state index is 0.211. The molecule has 1 aliphatic rings. The molecule has 0 N–H and O–H groups in total. The molecule has 0 saturated heterocycles. The van der Waals surface area contributed by atoms with Crippen LogP contribution in [0.3, 0.4) is 0 Å².